The first-order valence-corrected chi connectivity index (χ1v) is 15.2. The Hall–Kier alpha value is -3.22. The van der Waals surface area contributed by atoms with Crippen LogP contribution in [-0.2, 0) is 12.8 Å². The van der Waals surface area contributed by atoms with E-state index in [0.717, 1.165) is 76.0 Å². The summed E-state index contributed by atoms with van der Waals surface area (Å²) in [5.41, 5.74) is 4.41. The first-order chi connectivity index (χ1) is 19.9. The molecule has 0 radical (unpaired) electrons. The first-order valence-electron chi connectivity index (χ1n) is 14.8. The van der Waals surface area contributed by atoms with Crippen molar-refractivity contribution in [2.75, 3.05) is 32.7 Å². The standard InChI is InChI=1S/C34H37ClFN3O2/c35-27-9-10-30(36)29(23-27)32(40)37-31-11-8-25-6-7-26(22-28(25)31)33(41)39-20-15-34(16-21-39)13-18-38(19-14-34)17-12-24-4-2-1-3-5-24/h1-7,9-10,22-23,31H,8,11-21H2,(H,37,40). The van der Waals surface area contributed by atoms with Crippen molar-refractivity contribution in [3.8, 4) is 0 Å². The normalized spacial score (nSPS) is 20.1. The third kappa shape index (κ3) is 6.19. The lowest BCUT2D eigenvalue weighted by Gasteiger charge is -2.47. The van der Waals surface area contributed by atoms with E-state index in [0.29, 0.717) is 16.0 Å². The summed E-state index contributed by atoms with van der Waals surface area (Å²) in [7, 11) is 0. The lowest BCUT2D eigenvalue weighted by molar-refractivity contribution is 0.0305. The van der Waals surface area contributed by atoms with Gasteiger partial charge in [0, 0.05) is 30.2 Å². The lowest BCUT2D eigenvalue weighted by Crippen LogP contribution is -2.48. The Labute approximate surface area is 246 Å². The zero-order chi connectivity index (χ0) is 28.4. The Morgan fingerprint density at radius 2 is 1.66 bits per heavy atom. The number of halogens is 2. The Kier molecular flexibility index (Phi) is 8.14. The van der Waals surface area contributed by atoms with Gasteiger partial charge in [0.15, 0.2) is 0 Å². The van der Waals surface area contributed by atoms with Crippen molar-refractivity contribution in [3.63, 3.8) is 0 Å². The summed E-state index contributed by atoms with van der Waals surface area (Å²) in [5, 5.41) is 3.27. The Morgan fingerprint density at radius 3 is 2.41 bits per heavy atom. The number of carbonyl (C=O) groups is 2. The molecular weight excluding hydrogens is 537 g/mol. The number of amides is 2. The van der Waals surface area contributed by atoms with Gasteiger partial charge in [0.2, 0.25) is 0 Å². The molecule has 41 heavy (non-hydrogen) atoms. The number of fused-ring (bicyclic) bond motifs is 1. The minimum atomic E-state index is -0.602. The van der Waals surface area contributed by atoms with E-state index < -0.39 is 11.7 Å². The summed E-state index contributed by atoms with van der Waals surface area (Å²) in [6.45, 7) is 4.95. The zero-order valence-corrected chi connectivity index (χ0v) is 24.1. The summed E-state index contributed by atoms with van der Waals surface area (Å²) < 4.78 is 14.2. The number of nitrogens with one attached hydrogen (secondary N) is 1. The number of hydrogen-bond donors (Lipinski definition) is 1. The van der Waals surface area contributed by atoms with Gasteiger partial charge in [-0.25, -0.2) is 4.39 Å². The predicted molar refractivity (Wildman–Crippen MR) is 160 cm³/mol. The van der Waals surface area contributed by atoms with Crippen molar-refractivity contribution >= 4 is 23.4 Å². The molecule has 1 spiro atoms. The van der Waals surface area contributed by atoms with Crippen molar-refractivity contribution in [2.24, 2.45) is 5.41 Å². The fourth-order valence-electron chi connectivity index (χ4n) is 6.84. The Bertz CT molecular complexity index is 1410. The molecule has 1 atom stereocenters. The molecule has 0 bridgehead atoms. The third-order valence-corrected chi connectivity index (χ3v) is 9.77. The monoisotopic (exact) mass is 573 g/mol. The van der Waals surface area contributed by atoms with E-state index in [1.807, 2.05) is 23.1 Å². The molecule has 2 saturated heterocycles. The molecule has 3 aliphatic rings. The molecule has 3 aromatic rings. The zero-order valence-electron chi connectivity index (χ0n) is 23.4. The quantitative estimate of drug-likeness (QED) is 0.368. The molecule has 1 unspecified atom stereocenters. The van der Waals surface area contributed by atoms with Crippen molar-refractivity contribution in [3.05, 3.63) is 105 Å². The molecule has 1 aliphatic carbocycles. The van der Waals surface area contributed by atoms with Crippen LogP contribution >= 0.6 is 11.6 Å². The van der Waals surface area contributed by atoms with Gasteiger partial charge in [0.1, 0.15) is 5.82 Å². The van der Waals surface area contributed by atoms with Crippen LogP contribution in [0.25, 0.3) is 0 Å². The van der Waals surface area contributed by atoms with Gasteiger partial charge in [-0.2, -0.15) is 0 Å². The molecule has 214 valence electrons. The van der Waals surface area contributed by atoms with Crippen LogP contribution in [0.2, 0.25) is 5.02 Å². The minimum Gasteiger partial charge on any atom is -0.345 e. The molecule has 7 heteroatoms. The first kappa shape index (κ1) is 27.9. The Morgan fingerprint density at radius 1 is 0.927 bits per heavy atom. The fraction of sp³-hybridized carbons (Fsp3) is 0.412. The van der Waals surface area contributed by atoms with Crippen LogP contribution in [0.15, 0.2) is 66.7 Å². The summed E-state index contributed by atoms with van der Waals surface area (Å²) in [6, 6.07) is 20.3. The van der Waals surface area contributed by atoms with Gasteiger partial charge >= 0.3 is 0 Å². The highest BCUT2D eigenvalue weighted by molar-refractivity contribution is 6.31. The number of piperidine rings is 2. The number of nitrogens with zero attached hydrogens (tertiary/aromatic N) is 2. The van der Waals surface area contributed by atoms with Crippen LogP contribution in [0.4, 0.5) is 4.39 Å². The van der Waals surface area contributed by atoms with Gasteiger partial charge in [0.25, 0.3) is 11.8 Å². The molecule has 5 nitrogen and oxygen atoms in total. The molecule has 0 saturated carbocycles. The third-order valence-electron chi connectivity index (χ3n) is 9.54. The minimum absolute atomic E-state index is 0.0563. The number of hydrogen-bond acceptors (Lipinski definition) is 3. The van der Waals surface area contributed by atoms with Crippen LogP contribution in [-0.4, -0.2) is 54.3 Å². The summed E-state index contributed by atoms with van der Waals surface area (Å²) in [4.78, 5) is 31.0. The predicted octanol–water partition coefficient (Wildman–Crippen LogP) is 6.46. The van der Waals surface area contributed by atoms with Crippen LogP contribution in [0, 0.1) is 11.2 Å². The lowest BCUT2D eigenvalue weighted by atomic mass is 9.71. The molecule has 2 heterocycles. The average Bonchev–Trinajstić information content (AvgIpc) is 3.40. The largest absolute Gasteiger partial charge is 0.345 e. The Balaban J connectivity index is 1.03. The maximum atomic E-state index is 14.2. The molecule has 2 fully saturated rings. The van der Waals surface area contributed by atoms with Crippen molar-refractivity contribution in [1.82, 2.24) is 15.1 Å². The van der Waals surface area contributed by atoms with Gasteiger partial charge in [-0.05, 0) is 110 Å². The van der Waals surface area contributed by atoms with Crippen molar-refractivity contribution < 1.29 is 14.0 Å². The number of benzene rings is 3. The maximum absolute atomic E-state index is 14.2. The highest BCUT2D eigenvalue weighted by atomic mass is 35.5. The molecule has 0 aromatic heterocycles. The molecular formula is C34H37ClFN3O2. The maximum Gasteiger partial charge on any atom is 0.254 e. The number of likely N-dealkylation sites (tertiary alicyclic amines) is 2. The fourth-order valence-corrected chi connectivity index (χ4v) is 7.01. The van der Waals surface area contributed by atoms with Crippen LogP contribution < -0.4 is 5.32 Å². The van der Waals surface area contributed by atoms with E-state index in [9.17, 15) is 14.0 Å². The van der Waals surface area contributed by atoms with Crippen molar-refractivity contribution in [2.45, 2.75) is 51.0 Å². The van der Waals surface area contributed by atoms with Gasteiger partial charge in [-0.15, -0.1) is 0 Å². The highest BCUT2D eigenvalue weighted by Crippen LogP contribution is 2.42. The number of rotatable bonds is 6. The van der Waals surface area contributed by atoms with E-state index in [4.69, 9.17) is 11.6 Å². The average molecular weight is 574 g/mol. The van der Waals surface area contributed by atoms with Crippen LogP contribution in [0.1, 0.15) is 75.6 Å². The summed E-state index contributed by atoms with van der Waals surface area (Å²) in [6.07, 6.45) is 7.14. The van der Waals surface area contributed by atoms with Crippen LogP contribution in [0.3, 0.4) is 0 Å². The molecule has 1 N–H and O–H groups in total. The molecule has 2 amide bonds. The van der Waals surface area contributed by atoms with Gasteiger partial charge in [-0.3, -0.25) is 9.59 Å². The number of aryl methyl sites for hydroxylation is 1. The second kappa shape index (κ2) is 11.9. The van der Waals surface area contributed by atoms with E-state index in [2.05, 4.69) is 40.5 Å². The topological polar surface area (TPSA) is 52.7 Å². The second-order valence-electron chi connectivity index (χ2n) is 12.0. The summed E-state index contributed by atoms with van der Waals surface area (Å²) in [5.74, 6) is -1.04. The van der Waals surface area contributed by atoms with Crippen LogP contribution in [0.5, 0.6) is 0 Å². The SMILES string of the molecule is O=C(NC1CCc2ccc(C(=O)N3CCC4(CCN(CCc5ccccc5)CC4)CC3)cc21)c1cc(Cl)ccc1F. The van der Waals surface area contributed by atoms with Gasteiger partial charge in [0.05, 0.1) is 11.6 Å². The molecule has 6 rings (SSSR count). The van der Waals surface area contributed by atoms with E-state index in [1.165, 1.54) is 36.6 Å². The smallest absolute Gasteiger partial charge is 0.254 e. The molecule has 2 aliphatic heterocycles. The van der Waals surface area contributed by atoms with Gasteiger partial charge in [-0.1, -0.05) is 48.0 Å². The highest BCUT2D eigenvalue weighted by Gasteiger charge is 2.38. The molecule has 3 aromatic carbocycles. The van der Waals surface area contributed by atoms with E-state index >= 15 is 0 Å². The van der Waals surface area contributed by atoms with Gasteiger partial charge < -0.3 is 15.1 Å². The summed E-state index contributed by atoms with van der Waals surface area (Å²) >= 11 is 5.99. The van der Waals surface area contributed by atoms with Crippen molar-refractivity contribution in [1.29, 1.82) is 0 Å². The second-order valence-corrected chi connectivity index (χ2v) is 12.4. The van der Waals surface area contributed by atoms with E-state index in [-0.39, 0.29) is 17.5 Å². The number of carbonyl (C=O) groups excluding carboxylic acids is 2. The van der Waals surface area contributed by atoms with E-state index in [1.54, 1.807) is 0 Å².